The zero-order valence-electron chi connectivity index (χ0n) is 26.1. The minimum atomic E-state index is 1.13. The van der Waals surface area contributed by atoms with Crippen molar-refractivity contribution in [1.82, 2.24) is 0 Å². The van der Waals surface area contributed by atoms with E-state index in [2.05, 4.69) is 181 Å². The maximum absolute atomic E-state index is 2.44. The SMILES string of the molecule is c1ccc2c(c1)ccc1ccc(N(c3ccc(-c4cccc5sc6ccccc6c45)cc3)c3cc4ccccc4c4ccccc34)cc12. The Kier molecular flexibility index (Phi) is 6.12. The van der Waals surface area contributed by atoms with Crippen LogP contribution in [0.5, 0.6) is 0 Å². The van der Waals surface area contributed by atoms with Crippen LogP contribution in [0.1, 0.15) is 0 Å². The second-order valence-corrected chi connectivity index (χ2v) is 13.6. The van der Waals surface area contributed by atoms with Crippen LogP contribution in [-0.2, 0) is 0 Å². The van der Waals surface area contributed by atoms with Gasteiger partial charge < -0.3 is 4.90 Å². The molecule has 48 heavy (non-hydrogen) atoms. The quantitative estimate of drug-likeness (QED) is 0.176. The number of rotatable bonds is 4. The fourth-order valence-electron chi connectivity index (χ4n) is 7.58. The lowest BCUT2D eigenvalue weighted by atomic mass is 9.97. The molecule has 0 N–H and O–H groups in total. The van der Waals surface area contributed by atoms with Gasteiger partial charge in [0.1, 0.15) is 0 Å². The zero-order chi connectivity index (χ0) is 31.6. The molecule has 0 radical (unpaired) electrons. The summed E-state index contributed by atoms with van der Waals surface area (Å²) in [6, 6.07) is 64.6. The molecule has 0 fully saturated rings. The molecular weight excluding hydrogens is 599 g/mol. The summed E-state index contributed by atoms with van der Waals surface area (Å²) in [5.41, 5.74) is 5.93. The Bertz CT molecular complexity index is 2840. The molecule has 0 unspecified atom stereocenters. The van der Waals surface area contributed by atoms with Crippen LogP contribution in [0.15, 0.2) is 176 Å². The van der Waals surface area contributed by atoms with Crippen molar-refractivity contribution in [2.24, 2.45) is 0 Å². The van der Waals surface area contributed by atoms with Crippen LogP contribution in [0, 0.1) is 0 Å². The standard InChI is InChI=1S/C46H29NS/c1-3-12-36-30(10-1)20-21-32-24-27-35(29-42(32)36)47(43-28-33-11-2-4-13-37(33)39-14-5-6-15-40(39)43)34-25-22-31(23-26-34)38-17-9-19-45-46(38)41-16-7-8-18-44(41)48-45/h1-29H. The van der Waals surface area contributed by atoms with E-state index in [0.29, 0.717) is 0 Å². The van der Waals surface area contributed by atoms with E-state index in [1.54, 1.807) is 0 Å². The third kappa shape index (κ3) is 4.24. The molecule has 1 aromatic heterocycles. The first-order valence-electron chi connectivity index (χ1n) is 16.4. The molecule has 1 heterocycles. The summed E-state index contributed by atoms with van der Waals surface area (Å²) in [6.07, 6.45) is 0. The van der Waals surface area contributed by atoms with Crippen molar-refractivity contribution < 1.29 is 0 Å². The van der Waals surface area contributed by atoms with E-state index < -0.39 is 0 Å². The van der Waals surface area contributed by atoms with Gasteiger partial charge in [-0.1, -0.05) is 133 Å². The molecule has 0 aliphatic carbocycles. The highest BCUT2D eigenvalue weighted by Gasteiger charge is 2.19. The first-order chi connectivity index (χ1) is 23.8. The van der Waals surface area contributed by atoms with Crippen molar-refractivity contribution in [3.05, 3.63) is 176 Å². The number of hydrogen-bond acceptors (Lipinski definition) is 2. The summed E-state index contributed by atoms with van der Waals surface area (Å²) in [4.78, 5) is 2.44. The van der Waals surface area contributed by atoms with Crippen LogP contribution in [0.25, 0.3) is 74.4 Å². The summed E-state index contributed by atoms with van der Waals surface area (Å²) in [5.74, 6) is 0. The van der Waals surface area contributed by atoms with Gasteiger partial charge >= 0.3 is 0 Å². The molecule has 10 aromatic rings. The van der Waals surface area contributed by atoms with Gasteiger partial charge in [0, 0.05) is 36.9 Å². The Hall–Kier alpha value is -5.96. The molecule has 1 nitrogen and oxygen atoms in total. The van der Waals surface area contributed by atoms with Gasteiger partial charge in [-0.3, -0.25) is 0 Å². The molecule has 0 atom stereocenters. The lowest BCUT2D eigenvalue weighted by Gasteiger charge is -2.28. The Morgan fingerprint density at radius 2 is 0.938 bits per heavy atom. The Morgan fingerprint density at radius 3 is 1.75 bits per heavy atom. The molecule has 0 aliphatic heterocycles. The van der Waals surface area contributed by atoms with Crippen LogP contribution in [0.3, 0.4) is 0 Å². The number of thiophene rings is 1. The number of benzene rings is 9. The van der Waals surface area contributed by atoms with Crippen LogP contribution in [-0.4, -0.2) is 0 Å². The molecule has 10 rings (SSSR count). The van der Waals surface area contributed by atoms with E-state index in [1.165, 1.54) is 80.1 Å². The van der Waals surface area contributed by atoms with Gasteiger partial charge in [0.2, 0.25) is 0 Å². The van der Waals surface area contributed by atoms with Crippen molar-refractivity contribution in [2.75, 3.05) is 4.90 Å². The van der Waals surface area contributed by atoms with E-state index >= 15 is 0 Å². The van der Waals surface area contributed by atoms with Gasteiger partial charge in [-0.25, -0.2) is 0 Å². The number of hydrogen-bond donors (Lipinski definition) is 0. The molecule has 0 saturated heterocycles. The highest BCUT2D eigenvalue weighted by molar-refractivity contribution is 7.25. The van der Waals surface area contributed by atoms with Gasteiger partial charge in [0.05, 0.1) is 5.69 Å². The van der Waals surface area contributed by atoms with Gasteiger partial charge in [0.25, 0.3) is 0 Å². The van der Waals surface area contributed by atoms with Gasteiger partial charge in [-0.15, -0.1) is 11.3 Å². The van der Waals surface area contributed by atoms with Gasteiger partial charge in [-0.2, -0.15) is 0 Å². The lowest BCUT2D eigenvalue weighted by molar-refractivity contribution is 1.31. The van der Waals surface area contributed by atoms with Crippen molar-refractivity contribution in [2.45, 2.75) is 0 Å². The predicted molar refractivity (Wildman–Crippen MR) is 209 cm³/mol. The molecule has 0 amide bonds. The topological polar surface area (TPSA) is 3.24 Å². The smallest absolute Gasteiger partial charge is 0.0546 e. The van der Waals surface area contributed by atoms with E-state index in [9.17, 15) is 0 Å². The van der Waals surface area contributed by atoms with Crippen molar-refractivity contribution in [1.29, 1.82) is 0 Å². The van der Waals surface area contributed by atoms with Crippen LogP contribution in [0.4, 0.5) is 17.1 Å². The molecule has 0 saturated carbocycles. The minimum Gasteiger partial charge on any atom is -0.310 e. The van der Waals surface area contributed by atoms with Crippen LogP contribution in [0.2, 0.25) is 0 Å². The second kappa shape index (κ2) is 10.8. The van der Waals surface area contributed by atoms with Crippen molar-refractivity contribution >= 4 is 91.7 Å². The van der Waals surface area contributed by atoms with Gasteiger partial charge in [0.15, 0.2) is 0 Å². The lowest BCUT2D eigenvalue weighted by Crippen LogP contribution is -2.10. The van der Waals surface area contributed by atoms with Gasteiger partial charge in [-0.05, 0) is 91.3 Å². The molecule has 2 heteroatoms. The third-order valence-electron chi connectivity index (χ3n) is 9.81. The molecular formula is C46H29NS. The monoisotopic (exact) mass is 627 g/mol. The van der Waals surface area contributed by atoms with E-state index in [4.69, 9.17) is 0 Å². The van der Waals surface area contributed by atoms with Crippen LogP contribution >= 0.6 is 11.3 Å². The average molecular weight is 628 g/mol. The van der Waals surface area contributed by atoms with E-state index in [0.717, 1.165) is 11.4 Å². The highest BCUT2D eigenvalue weighted by atomic mass is 32.1. The number of fused-ring (bicyclic) bond motifs is 9. The first kappa shape index (κ1) is 27.2. The summed E-state index contributed by atoms with van der Waals surface area (Å²) in [6.45, 7) is 0. The largest absolute Gasteiger partial charge is 0.310 e. The Balaban J connectivity index is 1.21. The van der Waals surface area contributed by atoms with E-state index in [1.807, 2.05) is 11.3 Å². The summed E-state index contributed by atoms with van der Waals surface area (Å²) in [5, 5.41) is 12.7. The highest BCUT2D eigenvalue weighted by Crippen LogP contribution is 2.45. The Labute approximate surface area is 282 Å². The van der Waals surface area contributed by atoms with E-state index in [-0.39, 0.29) is 0 Å². The number of nitrogens with zero attached hydrogens (tertiary/aromatic N) is 1. The molecule has 0 spiro atoms. The molecule has 224 valence electrons. The predicted octanol–water partition coefficient (Wildman–Crippen LogP) is 13.8. The summed E-state index contributed by atoms with van der Waals surface area (Å²) in [7, 11) is 0. The Morgan fingerprint density at radius 1 is 0.354 bits per heavy atom. The first-order valence-corrected chi connectivity index (χ1v) is 17.2. The minimum absolute atomic E-state index is 1.13. The summed E-state index contributed by atoms with van der Waals surface area (Å²) < 4.78 is 2.65. The third-order valence-corrected chi connectivity index (χ3v) is 11.0. The summed E-state index contributed by atoms with van der Waals surface area (Å²) >= 11 is 1.87. The molecule has 0 aliphatic rings. The average Bonchev–Trinajstić information content (AvgIpc) is 3.54. The second-order valence-electron chi connectivity index (χ2n) is 12.5. The molecule has 0 bridgehead atoms. The number of anilines is 3. The normalized spacial score (nSPS) is 11.8. The maximum atomic E-state index is 2.44. The van der Waals surface area contributed by atoms with Crippen molar-refractivity contribution in [3.63, 3.8) is 0 Å². The maximum Gasteiger partial charge on any atom is 0.0546 e. The molecule has 9 aromatic carbocycles. The van der Waals surface area contributed by atoms with Crippen LogP contribution < -0.4 is 4.90 Å². The zero-order valence-corrected chi connectivity index (χ0v) is 26.9. The van der Waals surface area contributed by atoms with Crippen molar-refractivity contribution in [3.8, 4) is 11.1 Å². The fraction of sp³-hybridized carbons (Fsp3) is 0. The fourth-order valence-corrected chi connectivity index (χ4v) is 8.71.